The Morgan fingerprint density at radius 3 is 0.550 bits per heavy atom. The van der Waals surface area contributed by atoms with Crippen LogP contribution in [-0.4, -0.2) is 17.2 Å². The zero-order valence-corrected chi connectivity index (χ0v) is 71.0. The van der Waals surface area contributed by atoms with Gasteiger partial charge in [0.2, 0.25) is 0 Å². The van der Waals surface area contributed by atoms with Crippen molar-refractivity contribution in [1.82, 2.24) is 0 Å². The van der Waals surface area contributed by atoms with E-state index in [2.05, 4.69) is 461 Å². The number of hydrogen-bond donors (Lipinski definition) is 2. The molecule has 16 aromatic carbocycles. The Morgan fingerprint density at radius 2 is 0.369 bits per heavy atom. The van der Waals surface area contributed by atoms with E-state index in [-0.39, 0.29) is 20.4 Å². The van der Waals surface area contributed by atoms with Crippen molar-refractivity contribution in [2.45, 2.75) is 0 Å². The molecule has 0 aromatic heterocycles. The molecule has 0 radical (unpaired) electrons. The fraction of sp³-hybridized carbons (Fsp3) is 0. The van der Waals surface area contributed by atoms with E-state index in [1.54, 1.807) is 24.3 Å². The van der Waals surface area contributed by atoms with Crippen molar-refractivity contribution >= 4 is 168 Å². The molecule has 0 saturated carbocycles. The Balaban J connectivity index is 0.000000151. The van der Waals surface area contributed by atoms with Gasteiger partial charge < -0.3 is 10.0 Å². The van der Waals surface area contributed by atoms with Crippen molar-refractivity contribution in [2.75, 3.05) is 0 Å². The van der Waals surface area contributed by atoms with Gasteiger partial charge >= 0.3 is 7.12 Å². The Morgan fingerprint density at radius 1 is 0.207 bits per heavy atom. The van der Waals surface area contributed by atoms with E-state index in [9.17, 15) is 0 Å². The monoisotopic (exact) mass is 1790 g/mol. The predicted octanol–water partition coefficient (Wildman–Crippen LogP) is 21.8. The van der Waals surface area contributed by atoms with Crippen LogP contribution in [-0.2, 0) is 20.4 Å². The molecule has 2 nitrogen and oxygen atoms in total. The van der Waals surface area contributed by atoms with Crippen molar-refractivity contribution in [3.8, 4) is 11.1 Å². The second kappa shape index (κ2) is 48.6. The molecule has 16 rings (SSSR count). The van der Waals surface area contributed by atoms with Crippen LogP contribution < -0.4 is 69.1 Å². The van der Waals surface area contributed by atoms with Gasteiger partial charge in [0.15, 0.2) is 0 Å². The van der Waals surface area contributed by atoms with Crippen molar-refractivity contribution in [2.24, 2.45) is 0 Å². The summed E-state index contributed by atoms with van der Waals surface area (Å²) in [5, 5.41) is 34.5. The first-order chi connectivity index (χ1) is 54.1. The molecule has 0 unspecified atom stereocenters. The zero-order chi connectivity index (χ0) is 76.6. The summed E-state index contributed by atoms with van der Waals surface area (Å²) in [6, 6.07) is 161. The predicted molar refractivity (Wildman–Crippen MR) is 498 cm³/mol. The van der Waals surface area contributed by atoms with Crippen LogP contribution >= 0.6 is 79.5 Å². The first-order valence-corrected chi connectivity index (χ1v) is 43.7. The van der Waals surface area contributed by atoms with E-state index in [1.807, 2.05) is 48.5 Å². The van der Waals surface area contributed by atoms with Crippen molar-refractivity contribution in [3.63, 3.8) is 0 Å². The molecule has 0 fully saturated rings. The first-order valence-electron chi connectivity index (χ1n) is 35.9. The summed E-state index contributed by atoms with van der Waals surface area (Å²) in [5.41, 5.74) is 4.85. The van der Waals surface area contributed by atoms with Gasteiger partial charge in [0, 0.05) is 33.8 Å². The Hall–Kier alpha value is -9.19. The molecule has 2 N–H and O–H groups in total. The molecule has 11 heteroatoms. The third-order valence-corrected chi connectivity index (χ3v) is 28.2. The van der Waals surface area contributed by atoms with Crippen LogP contribution in [0.2, 0.25) is 0 Å². The summed E-state index contributed by atoms with van der Waals surface area (Å²) in [5.74, 6) is 0. The van der Waals surface area contributed by atoms with Gasteiger partial charge in [0.25, 0.3) is 0 Å². The van der Waals surface area contributed by atoms with Crippen LogP contribution in [0, 0.1) is 0 Å². The fourth-order valence-corrected chi connectivity index (χ4v) is 21.7. The van der Waals surface area contributed by atoms with E-state index in [1.165, 1.54) is 80.3 Å². The molecule has 0 heterocycles. The Kier molecular flexibility index (Phi) is 37.5. The molecule has 0 aliphatic heterocycles. The van der Waals surface area contributed by atoms with Crippen LogP contribution in [0.3, 0.4) is 0 Å². The topological polar surface area (TPSA) is 40.5 Å². The van der Waals surface area contributed by atoms with Crippen LogP contribution in [0.15, 0.2) is 488 Å². The minimum Gasteiger partial charge on any atom is -0.423 e. The number of benzene rings is 16. The molecule has 0 aliphatic rings. The van der Waals surface area contributed by atoms with Gasteiger partial charge in [-0.3, -0.25) is 0 Å². The number of rotatable bonds is 16. The summed E-state index contributed by atoms with van der Waals surface area (Å²) in [6.07, 6.45) is 3.48. The fourth-order valence-electron chi connectivity index (χ4n) is 11.6. The molecular weight excluding hydrogens is 1710 g/mol. The van der Waals surface area contributed by atoms with Crippen molar-refractivity contribution in [3.05, 3.63) is 499 Å². The zero-order valence-electron chi connectivity index (χ0n) is 61.2. The van der Waals surface area contributed by atoms with Gasteiger partial charge in [-0.05, 0) is 159 Å². The van der Waals surface area contributed by atoms with Gasteiger partial charge in [-0.2, -0.15) is 0 Å². The third kappa shape index (κ3) is 27.6. The SMILES string of the molecule is Brc1ccc(Br)cc1.C=Cc1ccccc1-c1ccc(Br)cc1.C=Cc1ccccc1B(O)O.[Pd].c1ccc(P(c2ccccc2)c2ccccc2)cc1.c1ccc(P(c2ccccc2)c2ccccc2)cc1.c1ccc(P(c2ccccc2)c2ccccc2)cc1.c1ccc(P(c2ccccc2)c2ccccc2)cc1. The minimum absolute atomic E-state index is 0. The van der Waals surface area contributed by atoms with E-state index in [4.69, 9.17) is 10.0 Å². The molecule has 16 aromatic rings. The summed E-state index contributed by atoms with van der Waals surface area (Å²) in [7, 11) is -3.20. The maximum atomic E-state index is 8.84. The maximum absolute atomic E-state index is 8.84. The van der Waals surface area contributed by atoms with Gasteiger partial charge in [-0.25, -0.2) is 0 Å². The Labute approximate surface area is 701 Å². The molecule has 550 valence electrons. The van der Waals surface area contributed by atoms with Crippen LogP contribution in [0.1, 0.15) is 11.1 Å². The van der Waals surface area contributed by atoms with Crippen LogP contribution in [0.25, 0.3) is 23.3 Å². The molecule has 0 amide bonds. The molecular formula is C100H84BBr3O2P4Pd. The molecule has 0 atom stereocenters. The quantitative estimate of drug-likeness (QED) is 0.0748. The van der Waals surface area contributed by atoms with Gasteiger partial charge in [0.1, 0.15) is 0 Å². The minimum atomic E-state index is -1.41. The summed E-state index contributed by atoms with van der Waals surface area (Å²) >= 11 is 10.1. The number of halogens is 3. The van der Waals surface area contributed by atoms with E-state index in [0.717, 1.165) is 19.0 Å². The van der Waals surface area contributed by atoms with Gasteiger partial charge in [-0.1, -0.05) is 498 Å². The van der Waals surface area contributed by atoms with Crippen molar-refractivity contribution < 1.29 is 30.5 Å². The van der Waals surface area contributed by atoms with E-state index >= 15 is 0 Å². The normalized spacial score (nSPS) is 10.2. The number of hydrogen-bond acceptors (Lipinski definition) is 2. The standard InChI is InChI=1S/4C18H15P.C14H11Br.C8H9BO2.C6H4Br2.Pd/c4*1-4-10-16(11-5-1)19(17-12-6-2-7-13-17)18-14-8-3-9-15-18;1-2-11-5-3-4-6-14(11)12-7-9-13(15)10-8-12;1-2-7-5-3-4-6-8(7)9(10)11;7-5-1-2-6(8)4-3-5;/h4*1-15H;2-10H,1H2;2-6,10-11H,1H2;1-4H;. The van der Waals surface area contributed by atoms with Gasteiger partial charge in [0.05, 0.1) is 0 Å². The van der Waals surface area contributed by atoms with Crippen molar-refractivity contribution in [1.29, 1.82) is 0 Å². The van der Waals surface area contributed by atoms with E-state index in [0.29, 0.717) is 5.46 Å². The first kappa shape index (κ1) is 85.8. The smallest absolute Gasteiger partial charge is 0.423 e. The molecule has 111 heavy (non-hydrogen) atoms. The summed E-state index contributed by atoms with van der Waals surface area (Å²) in [4.78, 5) is 0. The van der Waals surface area contributed by atoms with Gasteiger partial charge in [-0.15, -0.1) is 0 Å². The van der Waals surface area contributed by atoms with Crippen LogP contribution in [0.4, 0.5) is 0 Å². The summed E-state index contributed by atoms with van der Waals surface area (Å²) in [6.45, 7) is 7.38. The third-order valence-electron chi connectivity index (χ3n) is 16.8. The van der Waals surface area contributed by atoms with E-state index < -0.39 is 38.8 Å². The molecule has 0 spiro atoms. The summed E-state index contributed by atoms with van der Waals surface area (Å²) < 4.78 is 3.32. The average molecular weight is 1800 g/mol. The molecule has 0 bridgehead atoms. The molecule has 0 saturated heterocycles. The Bertz CT molecular complexity index is 4340. The maximum Gasteiger partial charge on any atom is 0.489 e. The second-order valence-corrected chi connectivity index (χ2v) is 35.9. The molecule has 0 aliphatic carbocycles. The second-order valence-electron chi connectivity index (χ2n) is 24.3. The van der Waals surface area contributed by atoms with Crippen LogP contribution in [0.5, 0.6) is 0 Å². The largest absolute Gasteiger partial charge is 0.489 e. The average Bonchev–Trinajstić information content (AvgIpc) is 0.845.